The molecule has 1 aliphatic rings. The van der Waals surface area contributed by atoms with Crippen LogP contribution in [0.3, 0.4) is 0 Å². The second-order valence-electron chi connectivity index (χ2n) is 7.76. The smallest absolute Gasteiger partial charge is 0.407 e. The van der Waals surface area contributed by atoms with Crippen LogP contribution in [0.2, 0.25) is 0 Å². The zero-order valence-corrected chi connectivity index (χ0v) is 18.5. The van der Waals surface area contributed by atoms with E-state index in [1.165, 1.54) is 22.1 Å². The first-order valence-electron chi connectivity index (χ1n) is 10.8. The molecular weight excluding hydrogens is 438 g/mol. The van der Waals surface area contributed by atoms with Crippen LogP contribution in [0.25, 0.3) is 10.9 Å². The van der Waals surface area contributed by atoms with Crippen LogP contribution in [-0.4, -0.2) is 52.4 Å². The van der Waals surface area contributed by atoms with Gasteiger partial charge >= 0.3 is 18.0 Å². The monoisotopic (exact) mass is 465 g/mol. The average molecular weight is 466 g/mol. The second-order valence-corrected chi connectivity index (χ2v) is 7.76. The Kier molecular flexibility index (Phi) is 8.81. The van der Waals surface area contributed by atoms with Crippen molar-refractivity contribution in [3.8, 4) is 0 Å². The zero-order valence-electron chi connectivity index (χ0n) is 18.5. The number of carboxylic acid groups (broad SMARTS) is 2. The molecule has 3 aromatic rings. The largest absolute Gasteiger partial charge is 0.478 e. The number of carbonyl (C=O) groups is 3. The highest BCUT2D eigenvalue weighted by atomic mass is 16.6. The van der Waals surface area contributed by atoms with E-state index in [1.807, 2.05) is 6.07 Å². The molecule has 0 aliphatic carbocycles. The van der Waals surface area contributed by atoms with Gasteiger partial charge in [-0.25, -0.2) is 14.4 Å². The van der Waals surface area contributed by atoms with Gasteiger partial charge in [-0.05, 0) is 48.2 Å². The highest BCUT2D eigenvalue weighted by Gasteiger charge is 2.22. The number of alkyl carbamates (subject to hydrolysis) is 1. The SMILES string of the molecule is O=C(O)C=CC(=O)O.O=C1NC(Cc2ccc3[nH]cc(CCNCc4ccccc4)c3c2)CO1. The molecule has 1 aliphatic heterocycles. The van der Waals surface area contributed by atoms with Gasteiger partial charge in [0.2, 0.25) is 0 Å². The van der Waals surface area contributed by atoms with Gasteiger partial charge in [-0.1, -0.05) is 36.4 Å². The van der Waals surface area contributed by atoms with Crippen LogP contribution in [0.1, 0.15) is 16.7 Å². The Hall–Kier alpha value is -4.11. The van der Waals surface area contributed by atoms with Gasteiger partial charge in [-0.2, -0.15) is 0 Å². The van der Waals surface area contributed by atoms with Crippen LogP contribution in [0.5, 0.6) is 0 Å². The maximum Gasteiger partial charge on any atom is 0.407 e. The highest BCUT2D eigenvalue weighted by Crippen LogP contribution is 2.21. The van der Waals surface area contributed by atoms with Gasteiger partial charge in [0.05, 0.1) is 6.04 Å². The number of aromatic nitrogens is 1. The van der Waals surface area contributed by atoms with Gasteiger partial charge in [-0.3, -0.25) is 0 Å². The molecule has 4 rings (SSSR count). The number of amides is 1. The van der Waals surface area contributed by atoms with Crippen molar-refractivity contribution in [3.05, 3.63) is 83.6 Å². The number of fused-ring (bicyclic) bond motifs is 1. The Bertz CT molecular complexity index is 1140. The van der Waals surface area contributed by atoms with Crippen LogP contribution in [-0.2, 0) is 33.7 Å². The molecule has 0 spiro atoms. The molecule has 1 amide bonds. The molecule has 34 heavy (non-hydrogen) atoms. The van der Waals surface area contributed by atoms with E-state index in [2.05, 4.69) is 64.3 Å². The van der Waals surface area contributed by atoms with Gasteiger partial charge in [0.15, 0.2) is 0 Å². The number of carbonyl (C=O) groups excluding carboxylic acids is 1. The van der Waals surface area contributed by atoms with E-state index in [0.29, 0.717) is 18.8 Å². The number of nitrogens with one attached hydrogen (secondary N) is 3. The van der Waals surface area contributed by atoms with E-state index in [9.17, 15) is 14.4 Å². The van der Waals surface area contributed by atoms with Crippen molar-refractivity contribution in [2.45, 2.75) is 25.4 Å². The molecule has 1 unspecified atom stereocenters. The second kappa shape index (κ2) is 12.2. The lowest BCUT2D eigenvalue weighted by molar-refractivity contribution is -0.134. The topological polar surface area (TPSA) is 141 Å². The van der Waals surface area contributed by atoms with Gasteiger partial charge in [0.25, 0.3) is 0 Å². The third-order valence-corrected chi connectivity index (χ3v) is 5.16. The Morgan fingerprint density at radius 1 is 1.06 bits per heavy atom. The number of aromatic amines is 1. The predicted octanol–water partition coefficient (Wildman–Crippen LogP) is 2.86. The third-order valence-electron chi connectivity index (χ3n) is 5.16. The van der Waals surface area contributed by atoms with Gasteiger partial charge < -0.3 is 30.6 Å². The normalized spacial score (nSPS) is 14.9. The molecule has 0 radical (unpaired) electrons. The average Bonchev–Trinajstić information content (AvgIpc) is 3.42. The van der Waals surface area contributed by atoms with Crippen molar-refractivity contribution >= 4 is 28.9 Å². The van der Waals surface area contributed by atoms with E-state index in [1.54, 1.807) is 0 Å². The van der Waals surface area contributed by atoms with Crippen molar-refractivity contribution < 1.29 is 29.3 Å². The zero-order chi connectivity index (χ0) is 24.3. The van der Waals surface area contributed by atoms with E-state index in [-0.39, 0.29) is 12.1 Å². The lowest BCUT2D eigenvalue weighted by Gasteiger charge is -2.08. The van der Waals surface area contributed by atoms with Crippen LogP contribution in [0.15, 0.2) is 66.9 Å². The first kappa shape index (κ1) is 24.5. The fraction of sp³-hybridized carbons (Fsp3) is 0.240. The number of hydrogen-bond donors (Lipinski definition) is 5. The minimum Gasteiger partial charge on any atom is -0.478 e. The molecule has 5 N–H and O–H groups in total. The van der Waals surface area contributed by atoms with Crippen molar-refractivity contribution in [1.29, 1.82) is 0 Å². The number of carboxylic acids is 2. The molecule has 9 nitrogen and oxygen atoms in total. The number of rotatable bonds is 9. The summed E-state index contributed by atoms with van der Waals surface area (Å²) in [6, 6.07) is 17.0. The predicted molar refractivity (Wildman–Crippen MR) is 127 cm³/mol. The summed E-state index contributed by atoms with van der Waals surface area (Å²) in [5.74, 6) is -2.51. The molecular formula is C25H27N3O6. The number of H-pyrrole nitrogens is 1. The van der Waals surface area contributed by atoms with E-state index < -0.39 is 11.9 Å². The maximum atomic E-state index is 11.2. The number of benzene rings is 2. The number of cyclic esters (lactones) is 1. The summed E-state index contributed by atoms with van der Waals surface area (Å²) in [4.78, 5) is 33.6. The summed E-state index contributed by atoms with van der Waals surface area (Å²) in [6.07, 6.45) is 4.66. The molecule has 1 atom stereocenters. The molecule has 178 valence electrons. The molecule has 0 bridgehead atoms. The Morgan fingerprint density at radius 2 is 1.79 bits per heavy atom. The third kappa shape index (κ3) is 7.79. The molecule has 1 aromatic heterocycles. The van der Waals surface area contributed by atoms with Gasteiger partial charge in [-0.15, -0.1) is 0 Å². The lowest BCUT2D eigenvalue weighted by Crippen LogP contribution is -2.28. The molecule has 2 aromatic carbocycles. The minimum absolute atomic E-state index is 0.0647. The van der Waals surface area contributed by atoms with E-state index >= 15 is 0 Å². The molecule has 1 fully saturated rings. The minimum atomic E-state index is -1.26. The summed E-state index contributed by atoms with van der Waals surface area (Å²) in [5, 5.41) is 23.2. The number of ether oxygens (including phenoxy) is 1. The van der Waals surface area contributed by atoms with Crippen LogP contribution < -0.4 is 10.6 Å². The molecule has 1 saturated heterocycles. The van der Waals surface area contributed by atoms with Gasteiger partial charge in [0, 0.05) is 35.8 Å². The fourth-order valence-electron chi connectivity index (χ4n) is 3.57. The standard InChI is InChI=1S/C21H23N3O2.C4H4O4/c25-21-24-18(14-26-21)10-16-6-7-20-19(11-16)17(13-23-20)8-9-22-12-15-4-2-1-3-5-15;5-3(6)1-2-4(7)8/h1-7,11,13,18,22-23H,8-10,12,14H2,(H,24,25);1-2H,(H,5,6)(H,7,8). The summed E-state index contributed by atoms with van der Waals surface area (Å²) in [5.41, 5.74) is 4.98. The van der Waals surface area contributed by atoms with Crippen molar-refractivity contribution in [2.75, 3.05) is 13.2 Å². The Balaban J connectivity index is 0.000000350. The maximum absolute atomic E-state index is 11.2. The fourth-order valence-corrected chi connectivity index (χ4v) is 3.57. The Morgan fingerprint density at radius 3 is 2.44 bits per heavy atom. The summed E-state index contributed by atoms with van der Waals surface area (Å²) < 4.78 is 4.97. The molecule has 9 heteroatoms. The van der Waals surface area contributed by atoms with E-state index in [4.69, 9.17) is 14.9 Å². The number of aliphatic carboxylic acids is 2. The van der Waals surface area contributed by atoms with Crippen LogP contribution >= 0.6 is 0 Å². The van der Waals surface area contributed by atoms with Crippen LogP contribution in [0, 0.1) is 0 Å². The highest BCUT2D eigenvalue weighted by molar-refractivity contribution is 5.89. The first-order chi connectivity index (χ1) is 16.4. The van der Waals surface area contributed by atoms with E-state index in [0.717, 1.165) is 31.4 Å². The summed E-state index contributed by atoms with van der Waals surface area (Å²) in [7, 11) is 0. The number of hydrogen-bond acceptors (Lipinski definition) is 5. The van der Waals surface area contributed by atoms with Crippen molar-refractivity contribution in [2.24, 2.45) is 0 Å². The molecule has 2 heterocycles. The Labute approximate surface area is 196 Å². The molecule has 0 saturated carbocycles. The van der Waals surface area contributed by atoms with Crippen LogP contribution in [0.4, 0.5) is 4.79 Å². The van der Waals surface area contributed by atoms with Gasteiger partial charge in [0.1, 0.15) is 6.61 Å². The summed E-state index contributed by atoms with van der Waals surface area (Å²) in [6.45, 7) is 2.26. The summed E-state index contributed by atoms with van der Waals surface area (Å²) >= 11 is 0. The van der Waals surface area contributed by atoms with Crippen molar-refractivity contribution in [1.82, 2.24) is 15.6 Å². The van der Waals surface area contributed by atoms with Crippen molar-refractivity contribution in [3.63, 3.8) is 0 Å². The lowest BCUT2D eigenvalue weighted by atomic mass is 10.0. The quantitative estimate of drug-likeness (QED) is 0.242. The first-order valence-corrected chi connectivity index (χ1v) is 10.8.